The first-order chi connectivity index (χ1) is 9.58. The largest absolute Gasteiger partial charge is 0.449 e. The topological polar surface area (TPSA) is 55.4 Å². The highest BCUT2D eigenvalue weighted by atomic mass is 19.1. The number of amides is 1. The molecule has 1 amide bonds. The lowest BCUT2D eigenvalue weighted by Gasteiger charge is -2.17. The minimum atomic E-state index is -0.928. The van der Waals surface area contributed by atoms with Crippen LogP contribution in [0.25, 0.3) is 0 Å². The van der Waals surface area contributed by atoms with Crippen molar-refractivity contribution >= 4 is 11.9 Å². The summed E-state index contributed by atoms with van der Waals surface area (Å²) in [6.45, 7) is 1.49. The van der Waals surface area contributed by atoms with Crippen molar-refractivity contribution < 1.29 is 18.7 Å². The van der Waals surface area contributed by atoms with Gasteiger partial charge in [0.2, 0.25) is 0 Å². The predicted molar refractivity (Wildman–Crippen MR) is 71.7 cm³/mol. The van der Waals surface area contributed by atoms with Crippen LogP contribution >= 0.6 is 0 Å². The molecule has 0 aromatic heterocycles. The van der Waals surface area contributed by atoms with Crippen LogP contribution in [-0.4, -0.2) is 24.0 Å². The minimum Gasteiger partial charge on any atom is -0.449 e. The van der Waals surface area contributed by atoms with E-state index in [1.54, 1.807) is 6.07 Å². The van der Waals surface area contributed by atoms with E-state index in [0.717, 1.165) is 25.7 Å². The molecule has 20 heavy (non-hydrogen) atoms. The molecule has 0 saturated heterocycles. The summed E-state index contributed by atoms with van der Waals surface area (Å²) in [5.74, 6) is -1.81. The second-order valence-corrected chi connectivity index (χ2v) is 5.02. The summed E-state index contributed by atoms with van der Waals surface area (Å²) in [4.78, 5) is 23.6. The first kappa shape index (κ1) is 14.5. The van der Waals surface area contributed by atoms with Crippen LogP contribution in [0.15, 0.2) is 24.3 Å². The van der Waals surface area contributed by atoms with E-state index < -0.39 is 17.9 Å². The van der Waals surface area contributed by atoms with Gasteiger partial charge in [-0.1, -0.05) is 25.0 Å². The van der Waals surface area contributed by atoms with Gasteiger partial charge in [0, 0.05) is 6.04 Å². The number of carbonyl (C=O) groups excluding carboxylic acids is 2. The number of hydrogen-bond acceptors (Lipinski definition) is 3. The lowest BCUT2D eigenvalue weighted by atomic mass is 10.2. The number of benzene rings is 1. The van der Waals surface area contributed by atoms with E-state index in [-0.39, 0.29) is 17.5 Å². The van der Waals surface area contributed by atoms with E-state index in [0.29, 0.717) is 0 Å². The molecule has 0 radical (unpaired) electrons. The van der Waals surface area contributed by atoms with Crippen molar-refractivity contribution in [2.24, 2.45) is 0 Å². The lowest BCUT2D eigenvalue weighted by molar-refractivity contribution is -0.129. The summed E-state index contributed by atoms with van der Waals surface area (Å²) in [5, 5.41) is 2.84. The van der Waals surface area contributed by atoms with Gasteiger partial charge in [-0.3, -0.25) is 4.79 Å². The molecular formula is C15H18FNO3. The van der Waals surface area contributed by atoms with Crippen LogP contribution in [0.5, 0.6) is 0 Å². The molecule has 0 aliphatic heterocycles. The van der Waals surface area contributed by atoms with Gasteiger partial charge in [-0.15, -0.1) is 0 Å². The Hall–Kier alpha value is -1.91. The fraction of sp³-hybridized carbons (Fsp3) is 0.467. The van der Waals surface area contributed by atoms with Crippen molar-refractivity contribution in [2.45, 2.75) is 44.8 Å². The predicted octanol–water partition coefficient (Wildman–Crippen LogP) is 2.43. The third-order valence-corrected chi connectivity index (χ3v) is 3.45. The molecule has 0 heterocycles. The quantitative estimate of drug-likeness (QED) is 0.861. The molecule has 1 fully saturated rings. The van der Waals surface area contributed by atoms with E-state index in [1.807, 2.05) is 0 Å². The maximum Gasteiger partial charge on any atom is 0.341 e. The van der Waals surface area contributed by atoms with Crippen molar-refractivity contribution in [3.63, 3.8) is 0 Å². The van der Waals surface area contributed by atoms with Gasteiger partial charge in [0.1, 0.15) is 5.82 Å². The third-order valence-electron chi connectivity index (χ3n) is 3.45. The Bertz CT molecular complexity index is 498. The third kappa shape index (κ3) is 3.56. The second-order valence-electron chi connectivity index (χ2n) is 5.02. The van der Waals surface area contributed by atoms with Crippen LogP contribution in [0, 0.1) is 5.82 Å². The van der Waals surface area contributed by atoms with Gasteiger partial charge in [0.25, 0.3) is 5.91 Å². The molecule has 4 nitrogen and oxygen atoms in total. The maximum absolute atomic E-state index is 13.4. The minimum absolute atomic E-state index is 0.159. The van der Waals surface area contributed by atoms with E-state index in [4.69, 9.17) is 4.74 Å². The number of nitrogens with one attached hydrogen (secondary N) is 1. The molecular weight excluding hydrogens is 261 g/mol. The molecule has 0 bridgehead atoms. The van der Waals surface area contributed by atoms with Gasteiger partial charge in [0.15, 0.2) is 6.10 Å². The Balaban J connectivity index is 1.90. The molecule has 1 atom stereocenters. The van der Waals surface area contributed by atoms with Crippen LogP contribution < -0.4 is 5.32 Å². The van der Waals surface area contributed by atoms with Crippen LogP contribution in [0.1, 0.15) is 43.0 Å². The zero-order valence-electron chi connectivity index (χ0n) is 11.4. The Labute approximate surface area is 117 Å². The molecule has 1 aromatic rings. The van der Waals surface area contributed by atoms with E-state index in [2.05, 4.69) is 5.32 Å². The van der Waals surface area contributed by atoms with Crippen molar-refractivity contribution in [3.05, 3.63) is 35.6 Å². The first-order valence-electron chi connectivity index (χ1n) is 6.84. The highest BCUT2D eigenvalue weighted by molar-refractivity contribution is 5.92. The standard InChI is InChI=1S/C15H18FNO3/c1-10(14(18)17-11-6-2-3-7-11)20-15(19)12-8-4-5-9-13(12)16/h4-5,8-11H,2-3,6-7H2,1H3,(H,17,18). The number of carbonyl (C=O) groups is 2. The molecule has 1 aliphatic carbocycles. The first-order valence-corrected chi connectivity index (χ1v) is 6.84. The molecule has 108 valence electrons. The number of rotatable bonds is 4. The lowest BCUT2D eigenvalue weighted by Crippen LogP contribution is -2.40. The summed E-state index contributed by atoms with van der Waals surface area (Å²) in [5.41, 5.74) is -0.159. The average Bonchev–Trinajstić information content (AvgIpc) is 2.91. The van der Waals surface area contributed by atoms with Gasteiger partial charge >= 0.3 is 5.97 Å². The zero-order valence-corrected chi connectivity index (χ0v) is 11.4. The fourth-order valence-electron chi connectivity index (χ4n) is 2.29. The normalized spacial score (nSPS) is 16.7. The summed E-state index contributed by atoms with van der Waals surface area (Å²) >= 11 is 0. The molecule has 5 heteroatoms. The fourth-order valence-corrected chi connectivity index (χ4v) is 2.29. The van der Waals surface area contributed by atoms with Gasteiger partial charge < -0.3 is 10.1 Å². The number of ether oxygens (including phenoxy) is 1. The summed E-state index contributed by atoms with van der Waals surface area (Å²) in [6.07, 6.45) is 3.20. The van der Waals surface area contributed by atoms with Gasteiger partial charge in [-0.05, 0) is 31.9 Å². The Kier molecular flexibility index (Phi) is 4.71. The SMILES string of the molecule is CC(OC(=O)c1ccccc1F)C(=O)NC1CCCC1. The highest BCUT2D eigenvalue weighted by Gasteiger charge is 2.24. The van der Waals surface area contributed by atoms with E-state index in [9.17, 15) is 14.0 Å². The van der Waals surface area contributed by atoms with Crippen LogP contribution in [0.2, 0.25) is 0 Å². The van der Waals surface area contributed by atoms with Crippen molar-refractivity contribution in [2.75, 3.05) is 0 Å². The van der Waals surface area contributed by atoms with Gasteiger partial charge in [0.05, 0.1) is 5.56 Å². The van der Waals surface area contributed by atoms with Gasteiger partial charge in [-0.25, -0.2) is 9.18 Å². The molecule has 1 aromatic carbocycles. The molecule has 1 aliphatic rings. The molecule has 1 unspecified atom stereocenters. The molecule has 1 N–H and O–H groups in total. The van der Waals surface area contributed by atoms with Crippen molar-refractivity contribution in [1.29, 1.82) is 0 Å². The second kappa shape index (κ2) is 6.50. The molecule has 0 spiro atoms. The smallest absolute Gasteiger partial charge is 0.341 e. The molecule has 2 rings (SSSR count). The molecule has 1 saturated carbocycles. The average molecular weight is 279 g/mol. The Morgan fingerprint density at radius 1 is 1.30 bits per heavy atom. The summed E-state index contributed by atoms with van der Waals surface area (Å²) < 4.78 is 18.4. The van der Waals surface area contributed by atoms with Crippen molar-refractivity contribution in [1.82, 2.24) is 5.32 Å². The monoisotopic (exact) mass is 279 g/mol. The van der Waals surface area contributed by atoms with Crippen molar-refractivity contribution in [3.8, 4) is 0 Å². The summed E-state index contributed by atoms with van der Waals surface area (Å²) in [7, 11) is 0. The van der Waals surface area contributed by atoms with Crippen LogP contribution in [0.4, 0.5) is 4.39 Å². The number of esters is 1. The number of hydrogen-bond donors (Lipinski definition) is 1. The summed E-state index contributed by atoms with van der Waals surface area (Å²) in [6, 6.07) is 5.71. The Morgan fingerprint density at radius 2 is 1.95 bits per heavy atom. The van der Waals surface area contributed by atoms with Crippen LogP contribution in [-0.2, 0) is 9.53 Å². The van der Waals surface area contributed by atoms with E-state index in [1.165, 1.54) is 25.1 Å². The Morgan fingerprint density at radius 3 is 2.60 bits per heavy atom. The van der Waals surface area contributed by atoms with E-state index >= 15 is 0 Å². The number of halogens is 1. The highest BCUT2D eigenvalue weighted by Crippen LogP contribution is 2.18. The van der Waals surface area contributed by atoms with Gasteiger partial charge in [-0.2, -0.15) is 0 Å². The maximum atomic E-state index is 13.4. The van der Waals surface area contributed by atoms with Crippen LogP contribution in [0.3, 0.4) is 0 Å². The zero-order chi connectivity index (χ0) is 14.5.